The van der Waals surface area contributed by atoms with E-state index in [2.05, 4.69) is 16.7 Å². The number of fused-ring (bicyclic) bond motifs is 3. The number of pyridine rings is 1. The Kier molecular flexibility index (Phi) is 4.97. The summed E-state index contributed by atoms with van der Waals surface area (Å²) in [5, 5.41) is 14.4. The standard InChI is InChI=1S/C21H17N2O3.ClH/c1-22-20-9-4-3-8-18(20)17-11-10-16(26-2)13-19(17)21(22)14-6-5-7-15(12-14)23(24)25;/h3-13H,1-2H3;1H/q+1;/p-1. The van der Waals surface area contributed by atoms with Gasteiger partial charge in [-0.05, 0) is 30.3 Å². The molecule has 0 fully saturated rings. The monoisotopic (exact) mass is 380 g/mol. The molecular formula is C21H17ClN2O3. The van der Waals surface area contributed by atoms with Crippen molar-refractivity contribution in [1.82, 2.24) is 0 Å². The van der Waals surface area contributed by atoms with E-state index >= 15 is 0 Å². The number of nitrogens with zero attached hydrogens (tertiary/aromatic N) is 2. The second kappa shape index (κ2) is 7.21. The second-order valence-electron chi connectivity index (χ2n) is 6.14. The number of benzene rings is 3. The summed E-state index contributed by atoms with van der Waals surface area (Å²) in [5.74, 6) is 0.750. The van der Waals surface area contributed by atoms with Gasteiger partial charge in [-0.1, -0.05) is 18.2 Å². The minimum absolute atomic E-state index is 0. The van der Waals surface area contributed by atoms with Gasteiger partial charge in [0.25, 0.3) is 5.69 Å². The maximum atomic E-state index is 11.2. The van der Waals surface area contributed by atoms with E-state index in [0.717, 1.165) is 38.7 Å². The molecule has 0 amide bonds. The number of hydrogen-bond donors (Lipinski definition) is 0. The van der Waals surface area contributed by atoms with Crippen LogP contribution in [-0.2, 0) is 7.05 Å². The molecule has 0 spiro atoms. The lowest BCUT2D eigenvalue weighted by Gasteiger charge is -2.10. The lowest BCUT2D eigenvalue weighted by atomic mass is 9.98. The predicted molar refractivity (Wildman–Crippen MR) is 101 cm³/mol. The zero-order valence-corrected chi connectivity index (χ0v) is 15.6. The Balaban J connectivity index is 0.00000210. The van der Waals surface area contributed by atoms with Gasteiger partial charge in [0.1, 0.15) is 12.8 Å². The van der Waals surface area contributed by atoms with Crippen molar-refractivity contribution in [2.24, 2.45) is 7.05 Å². The number of halogens is 1. The number of aromatic nitrogens is 1. The van der Waals surface area contributed by atoms with Gasteiger partial charge in [0, 0.05) is 23.6 Å². The van der Waals surface area contributed by atoms with Crippen LogP contribution in [0.4, 0.5) is 5.69 Å². The molecule has 0 aliphatic rings. The van der Waals surface area contributed by atoms with Gasteiger partial charge in [0.05, 0.1) is 28.4 Å². The Morgan fingerprint density at radius 1 is 0.926 bits per heavy atom. The highest BCUT2D eigenvalue weighted by atomic mass is 35.5. The van der Waals surface area contributed by atoms with Crippen LogP contribution < -0.4 is 21.7 Å². The van der Waals surface area contributed by atoms with E-state index < -0.39 is 0 Å². The van der Waals surface area contributed by atoms with E-state index in [9.17, 15) is 10.1 Å². The van der Waals surface area contributed by atoms with Gasteiger partial charge in [-0.25, -0.2) is 0 Å². The summed E-state index contributed by atoms with van der Waals surface area (Å²) in [4.78, 5) is 10.9. The largest absolute Gasteiger partial charge is 1.00 e. The smallest absolute Gasteiger partial charge is 0.270 e. The number of nitro benzene ring substituents is 1. The Hall–Kier alpha value is -3.18. The number of rotatable bonds is 3. The van der Waals surface area contributed by atoms with Crippen molar-refractivity contribution >= 4 is 27.4 Å². The molecule has 0 saturated carbocycles. The van der Waals surface area contributed by atoms with Crippen LogP contribution in [0.5, 0.6) is 5.75 Å². The predicted octanol–water partition coefficient (Wildman–Crippen LogP) is 1.41. The lowest BCUT2D eigenvalue weighted by Crippen LogP contribution is -3.00. The molecule has 0 unspecified atom stereocenters. The molecule has 0 aliphatic heterocycles. The van der Waals surface area contributed by atoms with Gasteiger partial charge in [-0.15, -0.1) is 0 Å². The number of hydrogen-bond acceptors (Lipinski definition) is 3. The van der Waals surface area contributed by atoms with Crippen LogP contribution in [0.2, 0.25) is 0 Å². The molecule has 4 aromatic rings. The molecule has 1 aromatic heterocycles. The van der Waals surface area contributed by atoms with Gasteiger partial charge in [0.15, 0.2) is 0 Å². The van der Waals surface area contributed by atoms with E-state index in [1.165, 1.54) is 6.07 Å². The molecule has 0 radical (unpaired) electrons. The Morgan fingerprint density at radius 2 is 1.70 bits per heavy atom. The normalized spacial score (nSPS) is 10.6. The molecule has 27 heavy (non-hydrogen) atoms. The molecule has 0 bridgehead atoms. The Labute approximate surface area is 162 Å². The van der Waals surface area contributed by atoms with Crippen LogP contribution in [0.3, 0.4) is 0 Å². The molecule has 0 atom stereocenters. The van der Waals surface area contributed by atoms with Crippen molar-refractivity contribution in [1.29, 1.82) is 0 Å². The van der Waals surface area contributed by atoms with Crippen molar-refractivity contribution < 1.29 is 26.6 Å². The molecule has 3 aromatic carbocycles. The number of aryl methyl sites for hydroxylation is 1. The van der Waals surface area contributed by atoms with E-state index in [-0.39, 0.29) is 23.0 Å². The summed E-state index contributed by atoms with van der Waals surface area (Å²) < 4.78 is 7.49. The fourth-order valence-corrected chi connectivity index (χ4v) is 3.49. The molecule has 6 heteroatoms. The topological polar surface area (TPSA) is 56.3 Å². The van der Waals surface area contributed by atoms with Crippen molar-refractivity contribution in [2.45, 2.75) is 0 Å². The SMILES string of the molecule is COc1ccc2c(c1)c(-c1cccc([N+](=O)[O-])c1)[n+](C)c1ccccc21.[Cl-]. The molecule has 5 nitrogen and oxygen atoms in total. The van der Waals surface area contributed by atoms with Crippen molar-refractivity contribution in [3.8, 4) is 17.0 Å². The number of nitro groups is 1. The van der Waals surface area contributed by atoms with Gasteiger partial charge in [-0.2, -0.15) is 4.57 Å². The summed E-state index contributed by atoms with van der Waals surface area (Å²) in [7, 11) is 3.62. The quantitative estimate of drug-likeness (QED) is 0.234. The van der Waals surface area contributed by atoms with Crippen molar-refractivity contribution in [3.05, 3.63) is 76.8 Å². The fourth-order valence-electron chi connectivity index (χ4n) is 3.49. The zero-order chi connectivity index (χ0) is 18.3. The first-order chi connectivity index (χ1) is 12.6. The molecule has 136 valence electrons. The minimum atomic E-state index is -0.368. The first-order valence-corrected chi connectivity index (χ1v) is 8.23. The number of para-hydroxylation sites is 1. The zero-order valence-electron chi connectivity index (χ0n) is 14.8. The Morgan fingerprint density at radius 3 is 2.44 bits per heavy atom. The van der Waals surface area contributed by atoms with Gasteiger partial charge in [0.2, 0.25) is 11.2 Å². The highest BCUT2D eigenvalue weighted by Crippen LogP contribution is 2.34. The molecule has 0 N–H and O–H groups in total. The molecule has 0 saturated heterocycles. The van der Waals surface area contributed by atoms with Crippen LogP contribution in [0.1, 0.15) is 0 Å². The van der Waals surface area contributed by atoms with Crippen LogP contribution >= 0.6 is 0 Å². The van der Waals surface area contributed by atoms with E-state index in [0.29, 0.717) is 0 Å². The van der Waals surface area contributed by atoms with Crippen LogP contribution in [0.15, 0.2) is 66.7 Å². The van der Waals surface area contributed by atoms with E-state index in [4.69, 9.17) is 4.74 Å². The van der Waals surface area contributed by atoms with Crippen LogP contribution in [0, 0.1) is 10.1 Å². The summed E-state index contributed by atoms with van der Waals surface area (Å²) in [6.45, 7) is 0. The third-order valence-electron chi connectivity index (χ3n) is 4.70. The summed E-state index contributed by atoms with van der Waals surface area (Å²) >= 11 is 0. The van der Waals surface area contributed by atoms with Gasteiger partial charge in [-0.3, -0.25) is 10.1 Å². The summed E-state index contributed by atoms with van der Waals surface area (Å²) in [5.41, 5.74) is 2.85. The van der Waals surface area contributed by atoms with Crippen molar-refractivity contribution in [3.63, 3.8) is 0 Å². The molecular weight excluding hydrogens is 364 g/mol. The summed E-state index contributed by atoms with van der Waals surface area (Å²) in [6.07, 6.45) is 0. The first kappa shape index (κ1) is 18.6. The third-order valence-corrected chi connectivity index (χ3v) is 4.70. The molecule has 0 aliphatic carbocycles. The average Bonchev–Trinajstić information content (AvgIpc) is 2.68. The number of non-ortho nitro benzene ring substituents is 1. The maximum absolute atomic E-state index is 11.2. The minimum Gasteiger partial charge on any atom is -1.00 e. The Bertz CT molecular complexity index is 1170. The fraction of sp³-hybridized carbons (Fsp3) is 0.0952. The highest BCUT2D eigenvalue weighted by Gasteiger charge is 2.22. The van der Waals surface area contributed by atoms with E-state index in [1.807, 2.05) is 43.4 Å². The molecule has 1 heterocycles. The lowest BCUT2D eigenvalue weighted by molar-refractivity contribution is -0.632. The molecule has 4 rings (SSSR count). The van der Waals surface area contributed by atoms with Crippen molar-refractivity contribution in [2.75, 3.05) is 7.11 Å². The second-order valence-corrected chi connectivity index (χ2v) is 6.14. The summed E-state index contributed by atoms with van der Waals surface area (Å²) in [6, 6.07) is 20.8. The third kappa shape index (κ3) is 3.06. The average molecular weight is 381 g/mol. The van der Waals surface area contributed by atoms with E-state index in [1.54, 1.807) is 19.2 Å². The van der Waals surface area contributed by atoms with Gasteiger partial charge < -0.3 is 17.1 Å². The highest BCUT2D eigenvalue weighted by molar-refractivity contribution is 6.09. The van der Waals surface area contributed by atoms with Gasteiger partial charge >= 0.3 is 0 Å². The van der Waals surface area contributed by atoms with Crippen LogP contribution in [-0.4, -0.2) is 12.0 Å². The first-order valence-electron chi connectivity index (χ1n) is 8.23. The maximum Gasteiger partial charge on any atom is 0.270 e. The van der Waals surface area contributed by atoms with Crippen LogP contribution in [0.25, 0.3) is 32.9 Å². The number of ether oxygens (including phenoxy) is 1. The number of methoxy groups -OCH3 is 1.